The van der Waals surface area contributed by atoms with E-state index in [1.807, 2.05) is 16.7 Å². The van der Waals surface area contributed by atoms with Crippen molar-refractivity contribution in [1.82, 2.24) is 29.6 Å². The van der Waals surface area contributed by atoms with E-state index in [2.05, 4.69) is 21.0 Å². The Kier molecular flexibility index (Phi) is 6.61. The summed E-state index contributed by atoms with van der Waals surface area (Å²) in [6, 6.07) is 8.69. The highest BCUT2D eigenvalue weighted by molar-refractivity contribution is 6.06. The molecule has 12 heteroatoms. The van der Waals surface area contributed by atoms with Crippen molar-refractivity contribution in [3.05, 3.63) is 65.8 Å². The molecule has 0 amide bonds. The minimum Gasteiger partial charge on any atom is -0.508 e. The second-order valence-electron chi connectivity index (χ2n) is 13.5. The number of hydrogen-bond donors (Lipinski definition) is 2. The minimum atomic E-state index is -1.61. The van der Waals surface area contributed by atoms with Crippen molar-refractivity contribution in [3.8, 4) is 35.2 Å². The van der Waals surface area contributed by atoms with Crippen molar-refractivity contribution in [2.24, 2.45) is 0 Å². The van der Waals surface area contributed by atoms with Crippen LogP contribution in [0.4, 0.5) is 19.0 Å². The van der Waals surface area contributed by atoms with Gasteiger partial charge in [0.2, 0.25) is 0 Å². The van der Waals surface area contributed by atoms with Crippen LogP contribution in [0.1, 0.15) is 37.7 Å². The topological polar surface area (TPSA) is 91.1 Å². The molecule has 9 rings (SSSR count). The number of aromatic nitrogens is 4. The fourth-order valence-corrected chi connectivity index (χ4v) is 8.55. The van der Waals surface area contributed by atoms with E-state index in [0.29, 0.717) is 51.0 Å². The average molecular weight is 652 g/mol. The fraction of sp³-hybridized carbons (Fsp3) is 0.361. The van der Waals surface area contributed by atoms with Crippen LogP contribution in [0.25, 0.3) is 38.6 Å². The van der Waals surface area contributed by atoms with Gasteiger partial charge in [-0.05, 0) is 73.9 Å². The number of imidazole rings is 1. The lowest BCUT2D eigenvalue weighted by molar-refractivity contribution is 0.108. The molecule has 48 heavy (non-hydrogen) atoms. The van der Waals surface area contributed by atoms with E-state index in [1.165, 1.54) is 6.07 Å². The zero-order valence-electron chi connectivity index (χ0n) is 26.0. The number of anilines is 1. The van der Waals surface area contributed by atoms with E-state index in [-0.39, 0.29) is 42.5 Å². The predicted molar refractivity (Wildman–Crippen MR) is 176 cm³/mol. The number of phenols is 1. The van der Waals surface area contributed by atoms with Gasteiger partial charge in [0.1, 0.15) is 29.3 Å². The van der Waals surface area contributed by atoms with E-state index in [1.54, 1.807) is 24.4 Å². The molecular formula is C36H32F3N7O2. The summed E-state index contributed by atoms with van der Waals surface area (Å²) in [6.07, 6.45) is 11.8. The zero-order chi connectivity index (χ0) is 32.7. The third kappa shape index (κ3) is 4.52. The molecule has 0 aliphatic carbocycles. The van der Waals surface area contributed by atoms with Gasteiger partial charge in [0.05, 0.1) is 16.6 Å². The van der Waals surface area contributed by atoms with Gasteiger partial charge < -0.3 is 20.1 Å². The Balaban J connectivity index is 1.23. The maximum absolute atomic E-state index is 15.1. The highest BCUT2D eigenvalue weighted by atomic mass is 19.3. The summed E-state index contributed by atoms with van der Waals surface area (Å²) >= 11 is 0. The standard InChI is InChI=1S/C36H32F3N7O2/c1-2-25-28(37)7-4-20-12-24(47)13-26(30(20)25)27-14-29-31(46-11-9-40-33(27)46)34(44-17-22-5-6-23(18-44)41-22)43-35(42-29)48-19-36-8-3-10-45(36)16-21(15-36)32(38)39/h1,4,7,9,11-14,22-23,41,47H,3,5-6,8,10,15-19H2/t22-,23+,36-/m0/s1. The van der Waals surface area contributed by atoms with Crippen LogP contribution in [0.15, 0.2) is 54.4 Å². The summed E-state index contributed by atoms with van der Waals surface area (Å²) < 4.78 is 50.7. The number of pyridine rings is 1. The number of halogens is 3. The first-order valence-corrected chi connectivity index (χ1v) is 16.3. The van der Waals surface area contributed by atoms with Crippen molar-refractivity contribution in [2.45, 2.75) is 49.7 Å². The Morgan fingerprint density at radius 1 is 1.12 bits per heavy atom. The summed E-state index contributed by atoms with van der Waals surface area (Å²) in [5.74, 6) is 2.65. The van der Waals surface area contributed by atoms with Gasteiger partial charge in [-0.1, -0.05) is 12.0 Å². The number of nitrogens with zero attached hydrogens (tertiary/aromatic N) is 6. The van der Waals surface area contributed by atoms with Crippen molar-refractivity contribution >= 4 is 33.3 Å². The van der Waals surface area contributed by atoms with Crippen LogP contribution < -0.4 is 15.0 Å². The molecule has 0 spiro atoms. The first kappa shape index (κ1) is 29.3. The number of piperazine rings is 1. The smallest absolute Gasteiger partial charge is 0.319 e. The third-order valence-electron chi connectivity index (χ3n) is 10.7. The lowest BCUT2D eigenvalue weighted by atomic mass is 9.94. The van der Waals surface area contributed by atoms with Gasteiger partial charge in [0, 0.05) is 60.6 Å². The highest BCUT2D eigenvalue weighted by Crippen LogP contribution is 2.44. The largest absolute Gasteiger partial charge is 0.508 e. The summed E-state index contributed by atoms with van der Waals surface area (Å²) in [5, 5.41) is 15.5. The van der Waals surface area contributed by atoms with Gasteiger partial charge >= 0.3 is 6.01 Å². The van der Waals surface area contributed by atoms with Crippen LogP contribution in [-0.2, 0) is 0 Å². The van der Waals surface area contributed by atoms with E-state index in [4.69, 9.17) is 26.1 Å². The minimum absolute atomic E-state index is 0.00403. The lowest BCUT2D eigenvalue weighted by Crippen LogP contribution is -2.51. The summed E-state index contributed by atoms with van der Waals surface area (Å²) in [4.78, 5) is 19.0. The normalized spacial score (nSPS) is 23.8. The number of benzene rings is 2. The van der Waals surface area contributed by atoms with Crippen molar-refractivity contribution in [3.63, 3.8) is 0 Å². The Morgan fingerprint density at radius 3 is 2.75 bits per heavy atom. The van der Waals surface area contributed by atoms with Crippen LogP contribution in [-0.4, -0.2) is 79.8 Å². The molecule has 2 N–H and O–H groups in total. The summed E-state index contributed by atoms with van der Waals surface area (Å²) in [5.41, 5.74) is 2.69. The molecule has 9 nitrogen and oxygen atoms in total. The van der Waals surface area contributed by atoms with Crippen LogP contribution in [0, 0.1) is 18.2 Å². The van der Waals surface area contributed by atoms with Crippen LogP contribution in [0.3, 0.4) is 0 Å². The maximum atomic E-state index is 15.1. The molecule has 5 aromatic rings. The molecule has 4 fully saturated rings. The van der Waals surface area contributed by atoms with Crippen molar-refractivity contribution in [1.29, 1.82) is 0 Å². The highest BCUT2D eigenvalue weighted by Gasteiger charge is 2.48. The number of fused-ring (bicyclic) bond motifs is 7. The average Bonchev–Trinajstić information content (AvgIpc) is 3.86. The molecule has 4 saturated heterocycles. The number of phenolic OH excluding ortho intramolecular Hbond substituents is 1. The van der Waals surface area contributed by atoms with Gasteiger partial charge in [-0.2, -0.15) is 18.7 Å². The first-order valence-electron chi connectivity index (χ1n) is 16.3. The van der Waals surface area contributed by atoms with Crippen LogP contribution >= 0.6 is 0 Å². The molecule has 244 valence electrons. The Morgan fingerprint density at radius 2 is 1.96 bits per heavy atom. The van der Waals surface area contributed by atoms with Gasteiger partial charge in [0.15, 0.2) is 5.82 Å². The number of aromatic hydroxyl groups is 1. The van der Waals surface area contributed by atoms with Gasteiger partial charge in [-0.3, -0.25) is 9.30 Å². The number of nitrogens with one attached hydrogen (secondary N) is 1. The van der Waals surface area contributed by atoms with Gasteiger partial charge in [-0.25, -0.2) is 9.37 Å². The zero-order valence-corrected chi connectivity index (χ0v) is 26.0. The summed E-state index contributed by atoms with van der Waals surface area (Å²) in [7, 11) is 0. The fourth-order valence-electron chi connectivity index (χ4n) is 8.55. The van der Waals surface area contributed by atoms with Gasteiger partial charge in [-0.15, -0.1) is 6.42 Å². The molecule has 4 aliphatic rings. The molecular weight excluding hydrogens is 619 g/mol. The molecule has 3 atom stereocenters. The van der Waals surface area contributed by atoms with Crippen molar-refractivity contribution in [2.75, 3.05) is 37.7 Å². The molecule has 7 heterocycles. The molecule has 0 unspecified atom stereocenters. The quantitative estimate of drug-likeness (QED) is 0.237. The second-order valence-corrected chi connectivity index (χ2v) is 13.5. The first-order chi connectivity index (χ1) is 23.3. The Bertz CT molecular complexity index is 2210. The Hall–Kier alpha value is -4.86. The van der Waals surface area contributed by atoms with E-state index < -0.39 is 17.4 Å². The van der Waals surface area contributed by atoms with Crippen LogP contribution in [0.2, 0.25) is 0 Å². The summed E-state index contributed by atoms with van der Waals surface area (Å²) in [6.45, 7) is 2.68. The number of terminal acetylenes is 1. The SMILES string of the molecule is C#Cc1c(F)ccc2cc(O)cc(-c3cc4nc(OC[C@@]56CCCN5CC(=C(F)F)C6)nc(N5C[C@H]6CC[C@@H](C5)N6)c4n4ccnc34)c12. The number of hydrogen-bond acceptors (Lipinski definition) is 8. The van der Waals surface area contributed by atoms with E-state index >= 15 is 4.39 Å². The molecule has 3 aromatic heterocycles. The molecule has 0 saturated carbocycles. The maximum Gasteiger partial charge on any atom is 0.319 e. The number of rotatable bonds is 5. The van der Waals surface area contributed by atoms with Crippen molar-refractivity contribution < 1.29 is 23.0 Å². The monoisotopic (exact) mass is 651 g/mol. The molecule has 4 aliphatic heterocycles. The lowest BCUT2D eigenvalue weighted by Gasteiger charge is -2.34. The number of ether oxygens (including phenoxy) is 1. The molecule has 2 bridgehead atoms. The second kappa shape index (κ2) is 10.8. The molecule has 0 radical (unpaired) electrons. The van der Waals surface area contributed by atoms with E-state index in [9.17, 15) is 13.9 Å². The van der Waals surface area contributed by atoms with E-state index in [0.717, 1.165) is 50.8 Å². The predicted octanol–water partition coefficient (Wildman–Crippen LogP) is 5.63. The Labute approximate surface area is 274 Å². The third-order valence-corrected chi connectivity index (χ3v) is 10.7. The van der Waals surface area contributed by atoms with Gasteiger partial charge in [0.25, 0.3) is 6.08 Å². The van der Waals surface area contributed by atoms with Crippen LogP contribution in [0.5, 0.6) is 11.8 Å². The molecule has 2 aromatic carbocycles.